The van der Waals surface area contributed by atoms with E-state index in [0.717, 1.165) is 77.0 Å². The van der Waals surface area contributed by atoms with Gasteiger partial charge < -0.3 is 20.4 Å². The minimum Gasteiger partial charge on any atom is -0.396 e. The van der Waals surface area contributed by atoms with Gasteiger partial charge in [-0.3, -0.25) is 0 Å². The van der Waals surface area contributed by atoms with Gasteiger partial charge in [-0.05, 0) is 38.5 Å². The molecule has 0 aromatic rings. The van der Waals surface area contributed by atoms with Crippen molar-refractivity contribution in [3.05, 3.63) is 0 Å². The van der Waals surface area contributed by atoms with Crippen LogP contribution in [0.5, 0.6) is 0 Å². The van der Waals surface area contributed by atoms with Gasteiger partial charge in [0.15, 0.2) is 0 Å². The van der Waals surface area contributed by atoms with Crippen LogP contribution in [0.25, 0.3) is 0 Å². The summed E-state index contributed by atoms with van der Waals surface area (Å²) >= 11 is 0. The van der Waals surface area contributed by atoms with Crippen molar-refractivity contribution in [2.75, 3.05) is 13.2 Å². The molecule has 2 unspecified atom stereocenters. The molecule has 4 nitrogen and oxygen atoms in total. The molecule has 4 heteroatoms. The van der Waals surface area contributed by atoms with E-state index in [-0.39, 0.29) is 12.2 Å². The van der Waals surface area contributed by atoms with E-state index in [9.17, 15) is 10.2 Å². The lowest BCUT2D eigenvalue weighted by Crippen LogP contribution is -2.06. The van der Waals surface area contributed by atoms with Crippen LogP contribution in [-0.2, 0) is 0 Å². The van der Waals surface area contributed by atoms with Crippen LogP contribution in [0.15, 0.2) is 0 Å². The maximum absolute atomic E-state index is 10.0. The lowest BCUT2D eigenvalue weighted by Gasteiger charge is -2.10. The third kappa shape index (κ3) is 30.0. The zero-order valence-electron chi connectivity index (χ0n) is 23.4. The first kappa shape index (κ1) is 34.8. The van der Waals surface area contributed by atoms with E-state index >= 15 is 0 Å². The minimum atomic E-state index is -0.111. The van der Waals surface area contributed by atoms with E-state index < -0.39 is 0 Å². The lowest BCUT2D eigenvalue weighted by molar-refractivity contribution is 0.146. The van der Waals surface area contributed by atoms with E-state index in [2.05, 4.69) is 0 Å². The molecule has 0 radical (unpaired) electrons. The molecule has 2 atom stereocenters. The molecular formula is C31H64O4. The molecule has 0 bridgehead atoms. The van der Waals surface area contributed by atoms with Gasteiger partial charge >= 0.3 is 0 Å². The second-order valence-corrected chi connectivity index (χ2v) is 11.0. The second kappa shape index (κ2) is 30.1. The predicted octanol–water partition coefficient (Wildman–Crippen LogP) is 8.23. The Morgan fingerprint density at radius 1 is 0.257 bits per heavy atom. The van der Waals surface area contributed by atoms with Crippen molar-refractivity contribution < 1.29 is 20.4 Å². The van der Waals surface area contributed by atoms with Gasteiger partial charge in [0.05, 0.1) is 12.2 Å². The molecule has 0 rings (SSSR count). The molecule has 0 fully saturated rings. The molecule has 0 aliphatic heterocycles. The standard InChI is InChI=1S/C31H64O4/c32-28-22-16-14-20-26-30(34)24-18-12-10-8-6-4-2-1-3-5-7-9-11-13-19-25-31(35)27-21-15-17-23-29-33/h30-35H,1-29H2. The summed E-state index contributed by atoms with van der Waals surface area (Å²) in [6.45, 7) is 0.595. The molecule has 0 saturated heterocycles. The Kier molecular flexibility index (Phi) is 29.9. The quantitative estimate of drug-likeness (QED) is 0.0749. The SMILES string of the molecule is OCCCCCCC(O)CCCCCCCCCCCCCCCCCC(O)CCCCCCO. The van der Waals surface area contributed by atoms with Gasteiger partial charge in [0, 0.05) is 13.2 Å². The largest absolute Gasteiger partial charge is 0.396 e. The van der Waals surface area contributed by atoms with Crippen LogP contribution in [-0.4, -0.2) is 45.8 Å². The smallest absolute Gasteiger partial charge is 0.0540 e. The van der Waals surface area contributed by atoms with Gasteiger partial charge in [-0.1, -0.05) is 135 Å². The van der Waals surface area contributed by atoms with Gasteiger partial charge in [-0.2, -0.15) is 0 Å². The summed E-state index contributed by atoms with van der Waals surface area (Å²) < 4.78 is 0. The van der Waals surface area contributed by atoms with Crippen molar-refractivity contribution in [1.29, 1.82) is 0 Å². The molecular weight excluding hydrogens is 436 g/mol. The summed E-state index contributed by atoms with van der Waals surface area (Å²) in [5, 5.41) is 37.6. The Morgan fingerprint density at radius 2 is 0.429 bits per heavy atom. The van der Waals surface area contributed by atoms with E-state index in [0.29, 0.717) is 13.2 Å². The molecule has 35 heavy (non-hydrogen) atoms. The molecule has 0 amide bonds. The monoisotopic (exact) mass is 500 g/mol. The van der Waals surface area contributed by atoms with Crippen molar-refractivity contribution in [2.45, 2.75) is 186 Å². The second-order valence-electron chi connectivity index (χ2n) is 11.0. The maximum Gasteiger partial charge on any atom is 0.0540 e. The van der Waals surface area contributed by atoms with Crippen LogP contribution in [0.4, 0.5) is 0 Å². The average Bonchev–Trinajstić information content (AvgIpc) is 2.85. The summed E-state index contributed by atoms with van der Waals surface area (Å²) in [5.74, 6) is 0. The molecule has 212 valence electrons. The fourth-order valence-electron chi connectivity index (χ4n) is 5.04. The Bertz CT molecular complexity index is 343. The van der Waals surface area contributed by atoms with Crippen LogP contribution in [0.1, 0.15) is 173 Å². The van der Waals surface area contributed by atoms with E-state index in [4.69, 9.17) is 10.2 Å². The van der Waals surface area contributed by atoms with Crippen LogP contribution in [0, 0.1) is 0 Å². The highest BCUT2D eigenvalue weighted by atomic mass is 16.3. The van der Waals surface area contributed by atoms with Gasteiger partial charge in [0.25, 0.3) is 0 Å². The number of hydrogen-bond acceptors (Lipinski definition) is 4. The Hall–Kier alpha value is -0.160. The molecule has 0 heterocycles. The number of hydrogen-bond donors (Lipinski definition) is 4. The van der Waals surface area contributed by atoms with Crippen molar-refractivity contribution in [1.82, 2.24) is 0 Å². The molecule has 0 aromatic carbocycles. The highest BCUT2D eigenvalue weighted by Gasteiger charge is 2.05. The molecule has 0 aromatic heterocycles. The zero-order valence-corrected chi connectivity index (χ0v) is 23.4. The van der Waals surface area contributed by atoms with E-state index in [1.807, 2.05) is 0 Å². The van der Waals surface area contributed by atoms with E-state index in [1.54, 1.807) is 0 Å². The summed E-state index contributed by atoms with van der Waals surface area (Å²) in [5.41, 5.74) is 0. The molecule has 0 spiro atoms. The summed E-state index contributed by atoms with van der Waals surface area (Å²) in [6, 6.07) is 0. The number of rotatable bonds is 30. The van der Waals surface area contributed by atoms with E-state index in [1.165, 1.54) is 96.3 Å². The third-order valence-corrected chi connectivity index (χ3v) is 7.47. The fraction of sp³-hybridized carbons (Fsp3) is 1.00. The Labute approximate surface area is 219 Å². The fourth-order valence-corrected chi connectivity index (χ4v) is 5.04. The van der Waals surface area contributed by atoms with Crippen LogP contribution < -0.4 is 0 Å². The Morgan fingerprint density at radius 3 is 0.629 bits per heavy atom. The first-order valence-corrected chi connectivity index (χ1v) is 15.8. The summed E-state index contributed by atoms with van der Waals surface area (Å²) in [7, 11) is 0. The first-order chi connectivity index (χ1) is 17.2. The highest BCUT2D eigenvalue weighted by molar-refractivity contribution is 4.59. The predicted molar refractivity (Wildman–Crippen MR) is 151 cm³/mol. The number of aliphatic hydroxyl groups excluding tert-OH is 4. The zero-order chi connectivity index (χ0) is 25.7. The van der Waals surface area contributed by atoms with Crippen LogP contribution in [0.2, 0.25) is 0 Å². The first-order valence-electron chi connectivity index (χ1n) is 15.8. The molecule has 0 saturated carbocycles. The molecule has 4 N–H and O–H groups in total. The van der Waals surface area contributed by atoms with Gasteiger partial charge in [-0.25, -0.2) is 0 Å². The molecule has 0 aliphatic rings. The summed E-state index contributed by atoms with van der Waals surface area (Å²) in [6.07, 6.45) is 32.0. The van der Waals surface area contributed by atoms with Crippen molar-refractivity contribution in [3.8, 4) is 0 Å². The highest BCUT2D eigenvalue weighted by Crippen LogP contribution is 2.16. The van der Waals surface area contributed by atoms with Gasteiger partial charge in [0.1, 0.15) is 0 Å². The van der Waals surface area contributed by atoms with Crippen molar-refractivity contribution in [2.24, 2.45) is 0 Å². The average molecular weight is 501 g/mol. The topological polar surface area (TPSA) is 80.9 Å². The van der Waals surface area contributed by atoms with Crippen LogP contribution >= 0.6 is 0 Å². The lowest BCUT2D eigenvalue weighted by atomic mass is 10.0. The van der Waals surface area contributed by atoms with Gasteiger partial charge in [0.2, 0.25) is 0 Å². The molecule has 0 aliphatic carbocycles. The van der Waals surface area contributed by atoms with Crippen molar-refractivity contribution in [3.63, 3.8) is 0 Å². The Balaban J connectivity index is 3.15. The minimum absolute atomic E-state index is 0.111. The van der Waals surface area contributed by atoms with Gasteiger partial charge in [-0.15, -0.1) is 0 Å². The summed E-state index contributed by atoms with van der Waals surface area (Å²) in [4.78, 5) is 0. The van der Waals surface area contributed by atoms with Crippen LogP contribution in [0.3, 0.4) is 0 Å². The third-order valence-electron chi connectivity index (χ3n) is 7.47. The van der Waals surface area contributed by atoms with Crippen molar-refractivity contribution >= 4 is 0 Å². The maximum atomic E-state index is 10.0. The normalized spacial score (nSPS) is 13.4. The number of aliphatic hydroxyl groups is 4. The number of unbranched alkanes of at least 4 members (excludes halogenated alkanes) is 20.